The molecular formula is C22H24ClN3O3. The normalized spacial score (nSPS) is 17.1. The molecule has 0 aliphatic carbocycles. The predicted molar refractivity (Wildman–Crippen MR) is 112 cm³/mol. The first kappa shape index (κ1) is 20.9. The Hall–Kier alpha value is -2.86. The van der Waals surface area contributed by atoms with E-state index in [9.17, 15) is 14.4 Å². The van der Waals surface area contributed by atoms with Crippen molar-refractivity contribution in [1.82, 2.24) is 9.80 Å². The Kier molecular flexibility index (Phi) is 6.54. The quantitative estimate of drug-likeness (QED) is 0.789. The van der Waals surface area contributed by atoms with E-state index in [0.717, 1.165) is 5.56 Å². The van der Waals surface area contributed by atoms with Crippen molar-refractivity contribution in [2.45, 2.75) is 19.4 Å². The number of likely N-dealkylation sites (tertiary alicyclic amines) is 1. The lowest BCUT2D eigenvalue weighted by Gasteiger charge is -2.26. The fourth-order valence-corrected chi connectivity index (χ4v) is 3.65. The van der Waals surface area contributed by atoms with Crippen LogP contribution in [0.2, 0.25) is 5.02 Å². The Morgan fingerprint density at radius 1 is 1.17 bits per heavy atom. The maximum absolute atomic E-state index is 12.8. The molecule has 1 N–H and O–H groups in total. The Labute approximate surface area is 175 Å². The first-order chi connectivity index (χ1) is 13.8. The van der Waals surface area contributed by atoms with Crippen LogP contribution in [0.1, 0.15) is 24.9 Å². The number of anilines is 1. The Morgan fingerprint density at radius 3 is 2.48 bits per heavy atom. The molecule has 1 heterocycles. The zero-order chi connectivity index (χ0) is 21.0. The van der Waals surface area contributed by atoms with Gasteiger partial charge in [-0.05, 0) is 36.8 Å². The minimum Gasteiger partial charge on any atom is -0.336 e. The molecule has 0 unspecified atom stereocenters. The average molecular weight is 414 g/mol. The van der Waals surface area contributed by atoms with Gasteiger partial charge in [-0.3, -0.25) is 14.4 Å². The second kappa shape index (κ2) is 9.09. The third kappa shape index (κ3) is 5.15. The fraction of sp³-hybridized carbons (Fsp3) is 0.318. The molecule has 3 amide bonds. The van der Waals surface area contributed by atoms with Crippen molar-refractivity contribution in [1.29, 1.82) is 0 Å². The molecular weight excluding hydrogens is 390 g/mol. The second-order valence-corrected chi connectivity index (χ2v) is 7.72. The van der Waals surface area contributed by atoms with Gasteiger partial charge in [-0.1, -0.05) is 41.9 Å². The summed E-state index contributed by atoms with van der Waals surface area (Å²) in [5, 5.41) is 3.31. The molecule has 0 bridgehead atoms. The second-order valence-electron chi connectivity index (χ2n) is 7.28. The van der Waals surface area contributed by atoms with Crippen LogP contribution in [0.15, 0.2) is 54.6 Å². The van der Waals surface area contributed by atoms with Gasteiger partial charge in [0.1, 0.15) is 0 Å². The van der Waals surface area contributed by atoms with Crippen molar-refractivity contribution in [2.24, 2.45) is 5.92 Å². The lowest BCUT2D eigenvalue weighted by atomic mass is 10.1. The Bertz CT molecular complexity index is 886. The van der Waals surface area contributed by atoms with Gasteiger partial charge in [-0.2, -0.15) is 0 Å². The third-order valence-corrected chi connectivity index (χ3v) is 5.39. The molecule has 0 aromatic heterocycles. The van der Waals surface area contributed by atoms with Crippen molar-refractivity contribution in [2.75, 3.05) is 25.5 Å². The number of hydrogen-bond acceptors (Lipinski definition) is 3. The molecule has 2 atom stereocenters. The van der Waals surface area contributed by atoms with Crippen LogP contribution >= 0.6 is 11.6 Å². The van der Waals surface area contributed by atoms with Gasteiger partial charge >= 0.3 is 0 Å². The van der Waals surface area contributed by atoms with Gasteiger partial charge in [-0.25, -0.2) is 0 Å². The standard InChI is InChI=1S/C22H24ClN3O3/c1-15(16-6-4-3-5-7-16)26-13-17(12-21(26)28)22(29)25(2)14-20(27)24-19-10-8-18(23)9-11-19/h3-11,15,17H,12-14H2,1-2H3,(H,24,27)/t15-,17-/m1/s1. The molecule has 7 heteroatoms. The number of carbonyl (C=O) groups is 3. The van der Waals surface area contributed by atoms with Gasteiger partial charge in [0.15, 0.2) is 0 Å². The van der Waals surface area contributed by atoms with E-state index in [4.69, 9.17) is 11.6 Å². The highest BCUT2D eigenvalue weighted by molar-refractivity contribution is 6.30. The molecule has 0 saturated carbocycles. The number of nitrogens with one attached hydrogen (secondary N) is 1. The molecule has 0 spiro atoms. The van der Waals surface area contributed by atoms with Crippen molar-refractivity contribution in [3.8, 4) is 0 Å². The molecule has 29 heavy (non-hydrogen) atoms. The van der Waals surface area contributed by atoms with Crippen LogP contribution in [0, 0.1) is 5.92 Å². The zero-order valence-electron chi connectivity index (χ0n) is 16.5. The monoisotopic (exact) mass is 413 g/mol. The molecule has 3 rings (SSSR count). The number of hydrogen-bond donors (Lipinski definition) is 1. The maximum atomic E-state index is 12.8. The minimum atomic E-state index is -0.443. The van der Waals surface area contributed by atoms with Crippen LogP contribution in [-0.4, -0.2) is 47.7 Å². The van der Waals surface area contributed by atoms with E-state index in [1.807, 2.05) is 37.3 Å². The first-order valence-electron chi connectivity index (χ1n) is 9.50. The summed E-state index contributed by atoms with van der Waals surface area (Å²) in [5.41, 5.74) is 1.64. The van der Waals surface area contributed by atoms with Crippen molar-refractivity contribution in [3.63, 3.8) is 0 Å². The van der Waals surface area contributed by atoms with Gasteiger partial charge in [0.05, 0.1) is 18.5 Å². The largest absolute Gasteiger partial charge is 0.336 e. The van der Waals surface area contributed by atoms with E-state index >= 15 is 0 Å². The first-order valence-corrected chi connectivity index (χ1v) is 9.87. The van der Waals surface area contributed by atoms with Crippen LogP contribution in [0.25, 0.3) is 0 Å². The Balaban J connectivity index is 1.56. The fourth-order valence-electron chi connectivity index (χ4n) is 3.52. The highest BCUT2D eigenvalue weighted by atomic mass is 35.5. The van der Waals surface area contributed by atoms with Crippen LogP contribution in [0.3, 0.4) is 0 Å². The number of halogens is 1. The third-order valence-electron chi connectivity index (χ3n) is 5.14. The van der Waals surface area contributed by atoms with E-state index in [-0.39, 0.29) is 36.7 Å². The van der Waals surface area contributed by atoms with E-state index in [1.165, 1.54) is 4.90 Å². The number of benzene rings is 2. The summed E-state index contributed by atoms with van der Waals surface area (Å²) in [6.07, 6.45) is 0.166. The molecule has 2 aromatic carbocycles. The van der Waals surface area contributed by atoms with Crippen molar-refractivity contribution < 1.29 is 14.4 Å². The maximum Gasteiger partial charge on any atom is 0.243 e. The molecule has 1 aliphatic rings. The summed E-state index contributed by atoms with van der Waals surface area (Å²) in [5.74, 6) is -0.991. The molecule has 6 nitrogen and oxygen atoms in total. The number of amides is 3. The summed E-state index contributed by atoms with van der Waals surface area (Å²) >= 11 is 5.83. The van der Waals surface area contributed by atoms with Gasteiger partial charge in [0.25, 0.3) is 0 Å². The molecule has 1 saturated heterocycles. The average Bonchev–Trinajstić information content (AvgIpc) is 3.10. The summed E-state index contributed by atoms with van der Waals surface area (Å²) < 4.78 is 0. The summed E-state index contributed by atoms with van der Waals surface area (Å²) in [6.45, 7) is 2.24. The minimum absolute atomic E-state index is 0.0429. The smallest absolute Gasteiger partial charge is 0.243 e. The van der Waals surface area contributed by atoms with E-state index in [0.29, 0.717) is 17.3 Å². The number of likely N-dealkylation sites (N-methyl/N-ethyl adjacent to an activating group) is 1. The van der Waals surface area contributed by atoms with Gasteiger partial charge < -0.3 is 15.1 Å². The van der Waals surface area contributed by atoms with Crippen molar-refractivity contribution in [3.05, 3.63) is 65.2 Å². The van der Waals surface area contributed by atoms with Gasteiger partial charge in [0, 0.05) is 30.7 Å². The molecule has 1 fully saturated rings. The van der Waals surface area contributed by atoms with Crippen LogP contribution in [0.5, 0.6) is 0 Å². The summed E-state index contributed by atoms with van der Waals surface area (Å²) in [4.78, 5) is 40.6. The highest BCUT2D eigenvalue weighted by Gasteiger charge is 2.38. The topological polar surface area (TPSA) is 69.7 Å². The van der Waals surface area contributed by atoms with E-state index in [1.54, 1.807) is 36.2 Å². The zero-order valence-corrected chi connectivity index (χ0v) is 17.2. The highest BCUT2D eigenvalue weighted by Crippen LogP contribution is 2.29. The van der Waals surface area contributed by atoms with Crippen molar-refractivity contribution >= 4 is 35.0 Å². The number of rotatable bonds is 6. The van der Waals surface area contributed by atoms with Gasteiger partial charge in [-0.15, -0.1) is 0 Å². The van der Waals surface area contributed by atoms with E-state index < -0.39 is 5.92 Å². The lowest BCUT2D eigenvalue weighted by molar-refractivity contribution is -0.137. The Morgan fingerprint density at radius 2 is 1.83 bits per heavy atom. The molecule has 152 valence electrons. The summed E-state index contributed by atoms with van der Waals surface area (Å²) in [6, 6.07) is 16.4. The van der Waals surface area contributed by atoms with Crippen LogP contribution in [0.4, 0.5) is 5.69 Å². The predicted octanol–water partition coefficient (Wildman–Crippen LogP) is 3.35. The number of carbonyl (C=O) groups excluding carboxylic acids is 3. The SMILES string of the molecule is C[C@H](c1ccccc1)N1C[C@H](C(=O)N(C)CC(=O)Nc2ccc(Cl)cc2)CC1=O. The molecule has 2 aromatic rings. The summed E-state index contributed by atoms with van der Waals surface area (Å²) in [7, 11) is 1.58. The van der Waals surface area contributed by atoms with Gasteiger partial charge in [0.2, 0.25) is 17.7 Å². The van der Waals surface area contributed by atoms with E-state index in [2.05, 4.69) is 5.32 Å². The lowest BCUT2D eigenvalue weighted by Crippen LogP contribution is -2.39. The molecule has 1 aliphatic heterocycles. The number of nitrogens with zero attached hydrogens (tertiary/aromatic N) is 2. The molecule has 0 radical (unpaired) electrons. The van der Waals surface area contributed by atoms with Crippen LogP contribution < -0.4 is 5.32 Å². The van der Waals surface area contributed by atoms with Crippen LogP contribution in [-0.2, 0) is 14.4 Å².